The lowest BCUT2D eigenvalue weighted by atomic mass is 10.0. The minimum absolute atomic E-state index is 0.0174. The molecule has 2 unspecified atom stereocenters. The van der Waals surface area contributed by atoms with E-state index in [1.165, 1.54) is 70.6 Å². The fourth-order valence-electron chi connectivity index (χ4n) is 6.05. The molecule has 8 nitrogen and oxygen atoms in total. The van der Waals surface area contributed by atoms with Crippen molar-refractivity contribution >= 4 is 17.9 Å². The van der Waals surface area contributed by atoms with Crippen molar-refractivity contribution in [3.05, 3.63) is 60.8 Å². The van der Waals surface area contributed by atoms with Gasteiger partial charge in [-0.1, -0.05) is 158 Å². The van der Waals surface area contributed by atoms with Gasteiger partial charge in [0.2, 0.25) is 0 Å². The highest BCUT2D eigenvalue weighted by Crippen LogP contribution is 2.14. The molecular weight excluding hydrogens is 691 g/mol. The Hall–Kier alpha value is -2.97. The van der Waals surface area contributed by atoms with Crippen LogP contribution < -0.4 is 5.11 Å². The zero-order chi connectivity index (χ0) is 40.7. The van der Waals surface area contributed by atoms with Crippen molar-refractivity contribution in [1.82, 2.24) is 0 Å². The SMILES string of the molecule is CC/C=C\C/C=C\C/C=C\C/C=C\C/C=C\CCCC(=O)OC(COCCC(C(=O)[O-])[N+](C)(C)C)COC(=O)CCCCCCCCCCCCCCCC. The van der Waals surface area contributed by atoms with Crippen molar-refractivity contribution in [3.8, 4) is 0 Å². The molecule has 0 saturated carbocycles. The molecule has 8 heteroatoms. The summed E-state index contributed by atoms with van der Waals surface area (Å²) in [5.74, 6) is -1.81. The molecule has 316 valence electrons. The van der Waals surface area contributed by atoms with Crippen LogP contribution in [0.1, 0.15) is 168 Å². The van der Waals surface area contributed by atoms with Crippen LogP contribution in [0.3, 0.4) is 0 Å². The predicted molar refractivity (Wildman–Crippen MR) is 226 cm³/mol. The Labute approximate surface area is 337 Å². The first-order chi connectivity index (χ1) is 26.6. The Morgan fingerprint density at radius 2 is 1.02 bits per heavy atom. The standard InChI is InChI=1S/C47H81NO7/c1-6-8-10-12-14-16-18-20-22-23-24-26-28-30-32-34-36-38-46(50)55-43(41-53-40-39-44(47(51)52)48(3,4)5)42-54-45(49)37-35-33-31-29-27-25-21-19-17-15-13-11-9-7-2/h8,10,14,16,20,22,24,26,30,32,43-44H,6-7,9,11-13,15,17-19,21,23,25,27-29,31,33-42H2,1-5H3/b10-8-,16-14-,22-20-,26-24-,32-30-. The van der Waals surface area contributed by atoms with E-state index in [1.54, 1.807) is 21.1 Å². The normalized spacial score (nSPS) is 13.5. The molecule has 0 aromatic carbocycles. The fourth-order valence-corrected chi connectivity index (χ4v) is 6.05. The molecule has 0 aliphatic heterocycles. The van der Waals surface area contributed by atoms with E-state index in [4.69, 9.17) is 14.2 Å². The van der Waals surface area contributed by atoms with Gasteiger partial charge in [0.1, 0.15) is 12.6 Å². The maximum absolute atomic E-state index is 12.7. The van der Waals surface area contributed by atoms with E-state index in [2.05, 4.69) is 74.6 Å². The van der Waals surface area contributed by atoms with E-state index in [0.717, 1.165) is 57.8 Å². The molecule has 0 amide bonds. The van der Waals surface area contributed by atoms with Gasteiger partial charge in [-0.15, -0.1) is 0 Å². The number of quaternary nitrogens is 1. The van der Waals surface area contributed by atoms with E-state index in [-0.39, 0.29) is 49.1 Å². The van der Waals surface area contributed by atoms with Crippen molar-refractivity contribution in [2.24, 2.45) is 0 Å². The van der Waals surface area contributed by atoms with E-state index in [1.807, 2.05) is 0 Å². The van der Waals surface area contributed by atoms with Gasteiger partial charge in [-0.05, 0) is 51.4 Å². The first-order valence-electron chi connectivity index (χ1n) is 21.8. The van der Waals surface area contributed by atoms with Gasteiger partial charge in [0.05, 0.1) is 40.3 Å². The van der Waals surface area contributed by atoms with Crippen molar-refractivity contribution in [2.75, 3.05) is 41.0 Å². The topological polar surface area (TPSA) is 102 Å². The number of rotatable bonds is 38. The predicted octanol–water partition coefficient (Wildman–Crippen LogP) is 10.5. The van der Waals surface area contributed by atoms with E-state index >= 15 is 0 Å². The number of aliphatic carboxylic acids is 1. The van der Waals surface area contributed by atoms with Crippen molar-refractivity contribution in [2.45, 2.75) is 180 Å². The molecule has 0 N–H and O–H groups in total. The third-order valence-corrected chi connectivity index (χ3v) is 9.42. The second-order valence-corrected chi connectivity index (χ2v) is 15.6. The molecular formula is C47H81NO7. The van der Waals surface area contributed by atoms with Gasteiger partial charge in [-0.3, -0.25) is 9.59 Å². The highest BCUT2D eigenvalue weighted by Gasteiger charge is 2.25. The summed E-state index contributed by atoms with van der Waals surface area (Å²) in [6.07, 6.45) is 45.3. The number of nitrogens with zero attached hydrogens (tertiary/aromatic N) is 1. The largest absolute Gasteiger partial charge is 0.544 e. The maximum atomic E-state index is 12.7. The van der Waals surface area contributed by atoms with Crippen molar-refractivity contribution in [3.63, 3.8) is 0 Å². The summed E-state index contributed by atoms with van der Waals surface area (Å²) in [4.78, 5) is 36.8. The van der Waals surface area contributed by atoms with Crippen LogP contribution in [0.25, 0.3) is 0 Å². The third kappa shape index (κ3) is 36.4. The Balaban J connectivity index is 4.46. The minimum atomic E-state index is -1.14. The molecule has 55 heavy (non-hydrogen) atoms. The quantitative estimate of drug-likeness (QED) is 0.0266. The molecule has 0 bridgehead atoms. The van der Waals surface area contributed by atoms with E-state index < -0.39 is 18.1 Å². The summed E-state index contributed by atoms with van der Waals surface area (Å²) >= 11 is 0. The lowest BCUT2D eigenvalue weighted by Crippen LogP contribution is -2.55. The number of esters is 2. The van der Waals surface area contributed by atoms with E-state index in [0.29, 0.717) is 12.8 Å². The molecule has 0 aliphatic rings. The zero-order valence-corrected chi connectivity index (χ0v) is 35.8. The van der Waals surface area contributed by atoms with Crippen LogP contribution >= 0.6 is 0 Å². The number of unbranched alkanes of at least 4 members (excludes halogenated alkanes) is 14. The Morgan fingerprint density at radius 3 is 1.49 bits per heavy atom. The number of carboxylic acids is 1. The number of carboxylic acid groups (broad SMARTS) is 1. The first-order valence-corrected chi connectivity index (χ1v) is 21.8. The highest BCUT2D eigenvalue weighted by atomic mass is 16.6. The van der Waals surface area contributed by atoms with Crippen LogP contribution in [0.5, 0.6) is 0 Å². The van der Waals surface area contributed by atoms with Gasteiger partial charge in [0.15, 0.2) is 6.10 Å². The van der Waals surface area contributed by atoms with Gasteiger partial charge in [-0.25, -0.2) is 0 Å². The molecule has 0 aliphatic carbocycles. The molecule has 0 aromatic heterocycles. The second kappa shape index (κ2) is 37.9. The van der Waals surface area contributed by atoms with Crippen LogP contribution in [0.15, 0.2) is 60.8 Å². The average Bonchev–Trinajstić information content (AvgIpc) is 3.14. The smallest absolute Gasteiger partial charge is 0.306 e. The minimum Gasteiger partial charge on any atom is -0.544 e. The number of hydrogen-bond acceptors (Lipinski definition) is 7. The third-order valence-electron chi connectivity index (χ3n) is 9.42. The second-order valence-electron chi connectivity index (χ2n) is 15.6. The molecule has 0 fully saturated rings. The van der Waals surface area contributed by atoms with Crippen LogP contribution in [0.4, 0.5) is 0 Å². The van der Waals surface area contributed by atoms with Crippen LogP contribution in [-0.2, 0) is 28.6 Å². The highest BCUT2D eigenvalue weighted by molar-refractivity contribution is 5.70. The molecule has 0 rings (SSSR count). The van der Waals surface area contributed by atoms with Gasteiger partial charge in [0, 0.05) is 19.3 Å². The number of ether oxygens (including phenoxy) is 3. The average molecular weight is 772 g/mol. The van der Waals surface area contributed by atoms with Gasteiger partial charge in [0.25, 0.3) is 0 Å². The Morgan fingerprint density at radius 1 is 0.564 bits per heavy atom. The van der Waals surface area contributed by atoms with Gasteiger partial charge >= 0.3 is 11.9 Å². The lowest BCUT2D eigenvalue weighted by Gasteiger charge is -2.34. The van der Waals surface area contributed by atoms with Gasteiger partial charge < -0.3 is 28.6 Å². The zero-order valence-electron chi connectivity index (χ0n) is 35.8. The summed E-state index contributed by atoms with van der Waals surface area (Å²) in [6, 6.07) is -0.736. The summed E-state index contributed by atoms with van der Waals surface area (Å²) in [6.45, 7) is 4.48. The number of carbonyl (C=O) groups excluding carboxylic acids is 3. The van der Waals surface area contributed by atoms with Crippen molar-refractivity contribution in [1.29, 1.82) is 0 Å². The Kier molecular flexibility index (Phi) is 35.9. The number of hydrogen-bond donors (Lipinski definition) is 0. The van der Waals surface area contributed by atoms with Crippen LogP contribution in [-0.4, -0.2) is 75.5 Å². The van der Waals surface area contributed by atoms with E-state index in [9.17, 15) is 19.5 Å². The first kappa shape index (κ1) is 52.0. The molecule has 0 saturated heterocycles. The van der Waals surface area contributed by atoms with Gasteiger partial charge in [-0.2, -0.15) is 0 Å². The molecule has 0 aromatic rings. The number of likely N-dealkylation sites (N-methyl/N-ethyl adjacent to an activating group) is 1. The number of carbonyl (C=O) groups is 3. The Bertz CT molecular complexity index is 1090. The summed E-state index contributed by atoms with van der Waals surface area (Å²) in [7, 11) is 5.38. The monoisotopic (exact) mass is 772 g/mol. The summed E-state index contributed by atoms with van der Waals surface area (Å²) in [5, 5.41) is 11.6. The maximum Gasteiger partial charge on any atom is 0.306 e. The molecule has 0 heterocycles. The number of allylic oxidation sites excluding steroid dienone is 10. The fraction of sp³-hybridized carbons (Fsp3) is 0.723. The summed E-state index contributed by atoms with van der Waals surface area (Å²) in [5.41, 5.74) is 0. The lowest BCUT2D eigenvalue weighted by molar-refractivity contribution is -0.889. The molecule has 0 radical (unpaired) electrons. The van der Waals surface area contributed by atoms with Crippen LogP contribution in [0, 0.1) is 0 Å². The van der Waals surface area contributed by atoms with Crippen molar-refractivity contribution < 1.29 is 38.2 Å². The van der Waals surface area contributed by atoms with Crippen LogP contribution in [0.2, 0.25) is 0 Å². The summed E-state index contributed by atoms with van der Waals surface area (Å²) < 4.78 is 17.1. The molecule has 2 atom stereocenters. The molecule has 0 spiro atoms.